The van der Waals surface area contributed by atoms with E-state index in [0.717, 1.165) is 28.8 Å². The molecule has 1 heterocycles. The largest absolute Gasteiger partial charge is 0.349 e. The minimum absolute atomic E-state index is 0.0395. The Morgan fingerprint density at radius 1 is 1.18 bits per heavy atom. The Balaban J connectivity index is 2.15. The SMILES string of the molecule is CCC(N)(CC)CNC(=O)c1sccc1-c1ccc(C)cc1. The molecule has 3 N–H and O–H groups in total. The van der Waals surface area contributed by atoms with Crippen LogP contribution in [0.4, 0.5) is 0 Å². The van der Waals surface area contributed by atoms with E-state index in [0.29, 0.717) is 6.54 Å². The predicted octanol–water partition coefficient (Wildman–Crippen LogP) is 3.97. The molecule has 2 aromatic rings. The number of hydrogen-bond acceptors (Lipinski definition) is 3. The lowest BCUT2D eigenvalue weighted by Gasteiger charge is -2.26. The van der Waals surface area contributed by atoms with Gasteiger partial charge in [0.15, 0.2) is 0 Å². The molecule has 0 saturated carbocycles. The molecule has 0 aliphatic rings. The number of carbonyl (C=O) groups is 1. The summed E-state index contributed by atoms with van der Waals surface area (Å²) in [6, 6.07) is 10.2. The fourth-order valence-electron chi connectivity index (χ4n) is 2.28. The molecule has 3 nitrogen and oxygen atoms in total. The normalized spacial score (nSPS) is 11.5. The standard InChI is InChI=1S/C18H24N2OS/c1-4-18(19,5-2)12-20-17(21)16-15(10-11-22-16)14-8-6-13(3)7-9-14/h6-11H,4-5,12,19H2,1-3H3,(H,20,21). The van der Waals surface area contributed by atoms with Crippen molar-refractivity contribution in [2.24, 2.45) is 5.73 Å². The monoisotopic (exact) mass is 316 g/mol. The Labute approximate surface area is 136 Å². The second kappa shape index (κ2) is 7.07. The van der Waals surface area contributed by atoms with Crippen LogP contribution < -0.4 is 11.1 Å². The maximum atomic E-state index is 12.5. The first-order valence-electron chi connectivity index (χ1n) is 7.70. The highest BCUT2D eigenvalue weighted by Gasteiger charge is 2.22. The Morgan fingerprint density at radius 2 is 1.82 bits per heavy atom. The zero-order valence-corrected chi connectivity index (χ0v) is 14.3. The van der Waals surface area contributed by atoms with Gasteiger partial charge < -0.3 is 11.1 Å². The molecule has 118 valence electrons. The number of hydrogen-bond donors (Lipinski definition) is 2. The van der Waals surface area contributed by atoms with Crippen molar-refractivity contribution in [3.05, 3.63) is 46.2 Å². The Bertz CT molecular complexity index is 627. The lowest BCUT2D eigenvalue weighted by molar-refractivity contribution is 0.0947. The van der Waals surface area contributed by atoms with Gasteiger partial charge in [0.05, 0.1) is 4.88 Å². The first-order valence-corrected chi connectivity index (χ1v) is 8.58. The third kappa shape index (κ3) is 3.76. The van der Waals surface area contributed by atoms with Gasteiger partial charge in [0, 0.05) is 17.6 Å². The summed E-state index contributed by atoms with van der Waals surface area (Å²) in [5, 5.41) is 4.95. The van der Waals surface area contributed by atoms with Gasteiger partial charge in [-0.15, -0.1) is 11.3 Å². The zero-order chi connectivity index (χ0) is 16.2. The second-order valence-corrected chi connectivity index (χ2v) is 6.70. The van der Waals surface area contributed by atoms with Crippen LogP contribution >= 0.6 is 11.3 Å². The van der Waals surface area contributed by atoms with Crippen molar-refractivity contribution in [3.63, 3.8) is 0 Å². The predicted molar refractivity (Wildman–Crippen MR) is 94.3 cm³/mol. The Kier molecular flexibility index (Phi) is 5.37. The molecule has 0 radical (unpaired) electrons. The number of amides is 1. The molecule has 1 aromatic carbocycles. The summed E-state index contributed by atoms with van der Waals surface area (Å²) >= 11 is 1.47. The van der Waals surface area contributed by atoms with Crippen molar-refractivity contribution in [1.82, 2.24) is 5.32 Å². The van der Waals surface area contributed by atoms with E-state index >= 15 is 0 Å². The quantitative estimate of drug-likeness (QED) is 0.847. The Hall–Kier alpha value is -1.65. The van der Waals surface area contributed by atoms with E-state index in [2.05, 4.69) is 50.4 Å². The molecule has 0 unspecified atom stereocenters. The lowest BCUT2D eigenvalue weighted by Crippen LogP contribution is -2.49. The number of nitrogens with one attached hydrogen (secondary N) is 1. The summed E-state index contributed by atoms with van der Waals surface area (Å²) in [4.78, 5) is 13.2. The molecule has 0 saturated heterocycles. The van der Waals surface area contributed by atoms with Crippen molar-refractivity contribution < 1.29 is 4.79 Å². The summed E-state index contributed by atoms with van der Waals surface area (Å²) in [5.74, 6) is -0.0395. The van der Waals surface area contributed by atoms with Crippen molar-refractivity contribution in [2.45, 2.75) is 39.2 Å². The first kappa shape index (κ1) is 16.7. The molecule has 0 aliphatic heterocycles. The van der Waals surface area contributed by atoms with Crippen LogP contribution in [-0.4, -0.2) is 18.0 Å². The van der Waals surface area contributed by atoms with Gasteiger partial charge in [0.1, 0.15) is 0 Å². The van der Waals surface area contributed by atoms with E-state index in [1.807, 2.05) is 11.4 Å². The molecule has 1 amide bonds. The molecule has 1 aromatic heterocycles. The van der Waals surface area contributed by atoms with E-state index in [4.69, 9.17) is 5.73 Å². The minimum atomic E-state index is -0.322. The number of aryl methyl sites for hydroxylation is 1. The zero-order valence-electron chi connectivity index (χ0n) is 13.5. The molecule has 4 heteroatoms. The van der Waals surface area contributed by atoms with Gasteiger partial charge in [0.25, 0.3) is 5.91 Å². The first-order chi connectivity index (χ1) is 10.5. The molecule has 0 atom stereocenters. The van der Waals surface area contributed by atoms with Gasteiger partial charge in [-0.2, -0.15) is 0 Å². The smallest absolute Gasteiger partial charge is 0.262 e. The average Bonchev–Trinajstić information content (AvgIpc) is 3.02. The summed E-state index contributed by atoms with van der Waals surface area (Å²) in [7, 11) is 0. The second-order valence-electron chi connectivity index (χ2n) is 5.78. The maximum Gasteiger partial charge on any atom is 0.262 e. The summed E-state index contributed by atoms with van der Waals surface area (Å²) < 4.78 is 0. The van der Waals surface area contributed by atoms with Gasteiger partial charge in [-0.1, -0.05) is 43.7 Å². The average molecular weight is 316 g/mol. The van der Waals surface area contributed by atoms with Gasteiger partial charge >= 0.3 is 0 Å². The highest BCUT2D eigenvalue weighted by molar-refractivity contribution is 7.12. The summed E-state index contributed by atoms with van der Waals surface area (Å²) in [6.07, 6.45) is 1.69. The third-order valence-corrected chi connectivity index (χ3v) is 5.16. The summed E-state index contributed by atoms with van der Waals surface area (Å²) in [6.45, 7) is 6.67. The highest BCUT2D eigenvalue weighted by Crippen LogP contribution is 2.28. The number of carbonyl (C=O) groups excluding carboxylic acids is 1. The van der Waals surface area contributed by atoms with Crippen LogP contribution in [0.2, 0.25) is 0 Å². The van der Waals surface area contributed by atoms with Gasteiger partial charge in [-0.05, 0) is 36.8 Å². The van der Waals surface area contributed by atoms with Crippen molar-refractivity contribution >= 4 is 17.2 Å². The van der Waals surface area contributed by atoms with Crippen LogP contribution in [0.25, 0.3) is 11.1 Å². The molecule has 22 heavy (non-hydrogen) atoms. The number of benzene rings is 1. The van der Waals surface area contributed by atoms with E-state index < -0.39 is 0 Å². The van der Waals surface area contributed by atoms with Crippen LogP contribution in [0.5, 0.6) is 0 Å². The molecular weight excluding hydrogens is 292 g/mol. The molecule has 2 rings (SSSR count). The van der Waals surface area contributed by atoms with Gasteiger partial charge in [0.2, 0.25) is 0 Å². The van der Waals surface area contributed by atoms with Crippen LogP contribution in [0, 0.1) is 6.92 Å². The van der Waals surface area contributed by atoms with Crippen LogP contribution in [0.1, 0.15) is 41.9 Å². The molecule has 0 spiro atoms. The molecule has 0 fully saturated rings. The highest BCUT2D eigenvalue weighted by atomic mass is 32.1. The van der Waals surface area contributed by atoms with Crippen molar-refractivity contribution in [2.75, 3.05) is 6.54 Å². The van der Waals surface area contributed by atoms with E-state index in [9.17, 15) is 4.79 Å². The van der Waals surface area contributed by atoms with Crippen LogP contribution in [0.15, 0.2) is 35.7 Å². The molecule has 0 bridgehead atoms. The summed E-state index contributed by atoms with van der Waals surface area (Å²) in [5.41, 5.74) is 9.20. The fourth-order valence-corrected chi connectivity index (χ4v) is 3.11. The van der Waals surface area contributed by atoms with Crippen molar-refractivity contribution in [1.29, 1.82) is 0 Å². The van der Waals surface area contributed by atoms with E-state index in [1.165, 1.54) is 16.9 Å². The fraction of sp³-hybridized carbons (Fsp3) is 0.389. The topological polar surface area (TPSA) is 55.1 Å². The molecular formula is C18H24N2OS. The number of thiophene rings is 1. The Morgan fingerprint density at radius 3 is 2.41 bits per heavy atom. The third-order valence-electron chi connectivity index (χ3n) is 4.24. The lowest BCUT2D eigenvalue weighted by atomic mass is 9.94. The van der Waals surface area contributed by atoms with Gasteiger partial charge in [-0.3, -0.25) is 4.79 Å². The van der Waals surface area contributed by atoms with Crippen molar-refractivity contribution in [3.8, 4) is 11.1 Å². The van der Waals surface area contributed by atoms with E-state index in [1.54, 1.807) is 0 Å². The van der Waals surface area contributed by atoms with Crippen LogP contribution in [0.3, 0.4) is 0 Å². The van der Waals surface area contributed by atoms with Crippen LogP contribution in [-0.2, 0) is 0 Å². The van der Waals surface area contributed by atoms with E-state index in [-0.39, 0.29) is 11.4 Å². The number of rotatable bonds is 6. The molecule has 0 aliphatic carbocycles. The number of nitrogens with two attached hydrogens (primary N) is 1. The van der Waals surface area contributed by atoms with Gasteiger partial charge in [-0.25, -0.2) is 0 Å². The minimum Gasteiger partial charge on any atom is -0.349 e. The maximum absolute atomic E-state index is 12.5.